The van der Waals surface area contributed by atoms with Crippen LogP contribution >= 0.6 is 15.9 Å². The molecule has 20 heavy (non-hydrogen) atoms. The van der Waals surface area contributed by atoms with Gasteiger partial charge in [0.2, 0.25) is 17.5 Å². The van der Waals surface area contributed by atoms with Crippen molar-refractivity contribution in [3.8, 4) is 11.4 Å². The van der Waals surface area contributed by atoms with Gasteiger partial charge in [0, 0.05) is 10.0 Å². The Bertz CT molecular complexity index is 652. The predicted octanol–water partition coefficient (Wildman–Crippen LogP) is 3.48. The summed E-state index contributed by atoms with van der Waals surface area (Å²) in [7, 11) is 0. The van der Waals surface area contributed by atoms with Crippen molar-refractivity contribution in [1.82, 2.24) is 10.1 Å². The van der Waals surface area contributed by atoms with E-state index in [9.17, 15) is 18.0 Å². The lowest BCUT2D eigenvalue weighted by Crippen LogP contribution is -2.24. The van der Waals surface area contributed by atoms with E-state index in [1.807, 2.05) is 6.92 Å². The molecule has 0 aliphatic carbocycles. The van der Waals surface area contributed by atoms with Crippen LogP contribution < -0.4 is 0 Å². The third-order valence-corrected chi connectivity index (χ3v) is 3.38. The Hall–Kier alpha value is -1.70. The standard InChI is InChI=1S/C12H8BrF3N2O2/c1-6-2-3-7(4-8(6)13)11-17-10(20-18-11)5-9(19)12(14,15)16/h2-4H,5H2,1H3. The number of hydrogen-bond donors (Lipinski definition) is 0. The molecule has 1 aromatic heterocycles. The first-order valence-electron chi connectivity index (χ1n) is 5.46. The maximum atomic E-state index is 12.1. The lowest BCUT2D eigenvalue weighted by Gasteiger charge is -2.01. The minimum atomic E-state index is -4.90. The van der Waals surface area contributed by atoms with E-state index in [0.29, 0.717) is 5.56 Å². The van der Waals surface area contributed by atoms with Crippen molar-refractivity contribution in [2.24, 2.45) is 0 Å². The lowest BCUT2D eigenvalue weighted by molar-refractivity contribution is -0.170. The zero-order valence-corrected chi connectivity index (χ0v) is 11.7. The molecule has 0 amide bonds. The Kier molecular flexibility index (Phi) is 3.94. The van der Waals surface area contributed by atoms with Crippen molar-refractivity contribution in [3.63, 3.8) is 0 Å². The number of ketones is 1. The summed E-state index contributed by atoms with van der Waals surface area (Å²) < 4.78 is 41.8. The number of alkyl halides is 3. The molecule has 4 nitrogen and oxygen atoms in total. The molecule has 0 bridgehead atoms. The van der Waals surface area contributed by atoms with Gasteiger partial charge in [0.1, 0.15) is 0 Å². The predicted molar refractivity (Wildman–Crippen MR) is 66.9 cm³/mol. The van der Waals surface area contributed by atoms with Gasteiger partial charge in [0.15, 0.2) is 0 Å². The summed E-state index contributed by atoms with van der Waals surface area (Å²) in [6, 6.07) is 5.23. The molecule has 0 fully saturated rings. The van der Waals surface area contributed by atoms with Gasteiger partial charge in [-0.3, -0.25) is 4.79 Å². The van der Waals surface area contributed by atoms with E-state index in [1.165, 1.54) is 0 Å². The second kappa shape index (κ2) is 5.35. The van der Waals surface area contributed by atoms with Crippen molar-refractivity contribution < 1.29 is 22.5 Å². The summed E-state index contributed by atoms with van der Waals surface area (Å²) in [5, 5.41) is 3.57. The van der Waals surface area contributed by atoms with Crippen LogP contribution in [0, 0.1) is 6.92 Å². The SMILES string of the molecule is Cc1ccc(-c2noc(CC(=O)C(F)(F)F)n2)cc1Br. The molecular formula is C12H8BrF3N2O2. The van der Waals surface area contributed by atoms with Gasteiger partial charge in [0.25, 0.3) is 0 Å². The van der Waals surface area contributed by atoms with Gasteiger partial charge < -0.3 is 4.52 Å². The van der Waals surface area contributed by atoms with Gasteiger partial charge in [-0.25, -0.2) is 0 Å². The van der Waals surface area contributed by atoms with Crippen LogP contribution in [0.1, 0.15) is 11.5 Å². The summed E-state index contributed by atoms with van der Waals surface area (Å²) in [6.45, 7) is 1.89. The number of aryl methyl sites for hydroxylation is 1. The highest BCUT2D eigenvalue weighted by Crippen LogP contribution is 2.24. The van der Waals surface area contributed by atoms with E-state index < -0.39 is 18.4 Å². The lowest BCUT2D eigenvalue weighted by atomic mass is 10.1. The molecule has 0 saturated heterocycles. The molecule has 0 aliphatic rings. The van der Waals surface area contributed by atoms with Crippen LogP contribution in [-0.2, 0) is 11.2 Å². The van der Waals surface area contributed by atoms with Crippen molar-refractivity contribution in [2.45, 2.75) is 19.5 Å². The second-order valence-electron chi connectivity index (χ2n) is 4.07. The van der Waals surface area contributed by atoms with Gasteiger partial charge in [-0.2, -0.15) is 18.2 Å². The largest absolute Gasteiger partial charge is 0.450 e. The first kappa shape index (κ1) is 14.7. The average molecular weight is 349 g/mol. The minimum Gasteiger partial charge on any atom is -0.338 e. The van der Waals surface area contributed by atoms with Crippen LogP contribution in [0.25, 0.3) is 11.4 Å². The molecule has 8 heteroatoms. The Labute approximate surface area is 120 Å². The summed E-state index contributed by atoms with van der Waals surface area (Å²) in [5.74, 6) is -2.15. The molecule has 0 N–H and O–H groups in total. The first-order chi connectivity index (χ1) is 9.27. The van der Waals surface area contributed by atoms with Crippen LogP contribution in [0.4, 0.5) is 13.2 Å². The summed E-state index contributed by atoms with van der Waals surface area (Å²) >= 11 is 3.33. The molecule has 0 spiro atoms. The van der Waals surface area contributed by atoms with Crippen LogP contribution in [0.2, 0.25) is 0 Å². The summed E-state index contributed by atoms with van der Waals surface area (Å²) in [5.41, 5.74) is 1.57. The molecule has 1 heterocycles. The van der Waals surface area contributed by atoms with Crippen LogP contribution in [0.3, 0.4) is 0 Å². The average Bonchev–Trinajstić information content (AvgIpc) is 2.80. The van der Waals surface area contributed by atoms with Crippen molar-refractivity contribution >= 4 is 21.7 Å². The Morgan fingerprint density at radius 2 is 2.10 bits per heavy atom. The van der Waals surface area contributed by atoms with E-state index in [2.05, 4.69) is 30.6 Å². The molecule has 1 aromatic carbocycles. The van der Waals surface area contributed by atoms with Gasteiger partial charge in [0.05, 0.1) is 6.42 Å². The number of hydrogen-bond acceptors (Lipinski definition) is 4. The molecule has 0 atom stereocenters. The third-order valence-electron chi connectivity index (χ3n) is 2.53. The second-order valence-corrected chi connectivity index (χ2v) is 4.93. The number of Topliss-reactive ketones (excluding diaryl/α,β-unsaturated/α-hetero) is 1. The van der Waals surface area contributed by atoms with Crippen molar-refractivity contribution in [3.05, 3.63) is 34.1 Å². The molecule has 0 radical (unpaired) electrons. The van der Waals surface area contributed by atoms with Crippen LogP contribution in [-0.4, -0.2) is 22.1 Å². The van der Waals surface area contributed by atoms with Gasteiger partial charge in [-0.1, -0.05) is 33.2 Å². The number of carbonyl (C=O) groups excluding carboxylic acids is 1. The quantitative estimate of drug-likeness (QED) is 0.851. The van der Waals surface area contributed by atoms with E-state index in [1.54, 1.807) is 18.2 Å². The Balaban J connectivity index is 2.21. The fraction of sp³-hybridized carbons (Fsp3) is 0.250. The zero-order valence-electron chi connectivity index (χ0n) is 10.2. The summed E-state index contributed by atoms with van der Waals surface area (Å²) in [6.07, 6.45) is -5.86. The smallest absolute Gasteiger partial charge is 0.338 e. The number of benzene rings is 1. The van der Waals surface area contributed by atoms with Gasteiger partial charge in [-0.15, -0.1) is 0 Å². The number of carbonyl (C=O) groups is 1. The highest BCUT2D eigenvalue weighted by molar-refractivity contribution is 9.10. The molecule has 2 rings (SSSR count). The molecule has 0 aliphatic heterocycles. The fourth-order valence-corrected chi connectivity index (χ4v) is 1.79. The van der Waals surface area contributed by atoms with Crippen molar-refractivity contribution in [2.75, 3.05) is 0 Å². The maximum Gasteiger partial charge on any atom is 0.450 e. The maximum absolute atomic E-state index is 12.1. The molecule has 106 valence electrons. The van der Waals surface area contributed by atoms with Gasteiger partial charge >= 0.3 is 6.18 Å². The topological polar surface area (TPSA) is 56.0 Å². The minimum absolute atomic E-state index is 0.135. The monoisotopic (exact) mass is 348 g/mol. The van der Waals surface area contributed by atoms with Gasteiger partial charge in [-0.05, 0) is 18.6 Å². The number of aromatic nitrogens is 2. The molecule has 0 unspecified atom stereocenters. The number of nitrogens with zero attached hydrogens (tertiary/aromatic N) is 2. The van der Waals surface area contributed by atoms with E-state index in [4.69, 9.17) is 0 Å². The third kappa shape index (κ3) is 3.24. The molecular weight excluding hydrogens is 341 g/mol. The molecule has 2 aromatic rings. The summed E-state index contributed by atoms with van der Waals surface area (Å²) in [4.78, 5) is 14.6. The first-order valence-corrected chi connectivity index (χ1v) is 6.26. The highest BCUT2D eigenvalue weighted by Gasteiger charge is 2.39. The number of rotatable bonds is 3. The van der Waals surface area contributed by atoms with E-state index in [0.717, 1.165) is 10.0 Å². The highest BCUT2D eigenvalue weighted by atomic mass is 79.9. The Morgan fingerprint density at radius 1 is 1.40 bits per heavy atom. The fourth-order valence-electron chi connectivity index (χ4n) is 1.41. The Morgan fingerprint density at radius 3 is 2.70 bits per heavy atom. The number of halogens is 4. The van der Waals surface area contributed by atoms with Crippen molar-refractivity contribution in [1.29, 1.82) is 0 Å². The normalized spacial score (nSPS) is 11.7. The van der Waals surface area contributed by atoms with E-state index >= 15 is 0 Å². The van der Waals surface area contributed by atoms with Crippen LogP contribution in [0.15, 0.2) is 27.2 Å². The zero-order chi connectivity index (χ0) is 14.9. The van der Waals surface area contributed by atoms with E-state index in [-0.39, 0.29) is 11.7 Å². The van der Waals surface area contributed by atoms with Crippen LogP contribution in [0.5, 0.6) is 0 Å². The molecule has 0 saturated carbocycles.